The van der Waals surface area contributed by atoms with E-state index in [4.69, 9.17) is 0 Å². The van der Waals surface area contributed by atoms with Crippen molar-refractivity contribution in [3.63, 3.8) is 0 Å². The van der Waals surface area contributed by atoms with Gasteiger partial charge in [-0.05, 0) is 33.2 Å². The molecule has 0 radical (unpaired) electrons. The highest BCUT2D eigenvalue weighted by atomic mass is 16.3. The summed E-state index contributed by atoms with van der Waals surface area (Å²) < 4.78 is 0. The Morgan fingerprint density at radius 3 is 2.80 bits per heavy atom. The maximum absolute atomic E-state index is 9.34. The fourth-order valence-corrected chi connectivity index (χ4v) is 1.47. The predicted octanol–water partition coefficient (Wildman–Crippen LogP) is 0.851. The summed E-state index contributed by atoms with van der Waals surface area (Å²) in [5.74, 6) is 0. The first-order valence-electron chi connectivity index (χ1n) is 4.08. The van der Waals surface area contributed by atoms with Crippen molar-refractivity contribution in [3.05, 3.63) is 0 Å². The lowest BCUT2D eigenvalue weighted by molar-refractivity contribution is 0.120. The van der Waals surface area contributed by atoms with Gasteiger partial charge in [0.1, 0.15) is 0 Å². The molecule has 60 valence electrons. The molecule has 1 fully saturated rings. The Kier molecular flexibility index (Phi) is 2.69. The van der Waals surface area contributed by atoms with Crippen LogP contribution in [0.5, 0.6) is 0 Å². The zero-order valence-electron chi connectivity index (χ0n) is 6.88. The van der Waals surface area contributed by atoms with E-state index in [1.807, 2.05) is 0 Å². The lowest BCUT2D eigenvalue weighted by Gasteiger charge is -2.22. The summed E-state index contributed by atoms with van der Waals surface area (Å²) in [5.41, 5.74) is 0. The molecule has 0 aromatic heterocycles. The van der Waals surface area contributed by atoms with E-state index >= 15 is 0 Å². The molecule has 0 bridgehead atoms. The molecule has 0 aromatic rings. The lowest BCUT2D eigenvalue weighted by atomic mass is 10.1. The Hall–Kier alpha value is -0.0800. The summed E-state index contributed by atoms with van der Waals surface area (Å²) in [7, 11) is 2.08. The number of β-amino-alcohol motifs (C(OH)–C–C–N with tert-alkyl or cyclic N) is 1. The minimum absolute atomic E-state index is 0.0880. The molecule has 0 amide bonds. The molecule has 2 atom stereocenters. The predicted molar refractivity (Wildman–Crippen MR) is 41.9 cm³/mol. The zero-order valence-corrected chi connectivity index (χ0v) is 6.88. The van der Waals surface area contributed by atoms with Crippen LogP contribution in [0.4, 0.5) is 0 Å². The van der Waals surface area contributed by atoms with Crippen LogP contribution >= 0.6 is 0 Å². The summed E-state index contributed by atoms with van der Waals surface area (Å²) in [6, 6.07) is 0.650. The number of likely N-dealkylation sites (N-methyl/N-ethyl adjacent to an activating group) is 1. The normalized spacial score (nSPS) is 37.5. The quantitative estimate of drug-likeness (QED) is 0.543. The van der Waals surface area contributed by atoms with Crippen molar-refractivity contribution in [2.45, 2.75) is 38.3 Å². The standard InChI is InChI=1S/C8H17NO/c1-7-4-3-5-8(10)6-9(7)2/h7-8,10H,3-6H2,1-2H3. The maximum Gasteiger partial charge on any atom is 0.0667 e. The third kappa shape index (κ3) is 1.96. The summed E-state index contributed by atoms with van der Waals surface area (Å²) in [5, 5.41) is 9.34. The summed E-state index contributed by atoms with van der Waals surface area (Å²) in [6.45, 7) is 3.07. The lowest BCUT2D eigenvalue weighted by Crippen LogP contribution is -2.32. The SMILES string of the molecule is CC1CCCC(O)CN1C. The van der Waals surface area contributed by atoms with E-state index in [9.17, 15) is 5.11 Å². The molecular weight excluding hydrogens is 126 g/mol. The Labute approximate surface area is 62.8 Å². The van der Waals surface area contributed by atoms with Crippen LogP contribution in [0.3, 0.4) is 0 Å². The molecule has 1 aliphatic heterocycles. The van der Waals surface area contributed by atoms with Crippen LogP contribution in [0.1, 0.15) is 26.2 Å². The zero-order chi connectivity index (χ0) is 7.56. The second-order valence-electron chi connectivity index (χ2n) is 3.37. The summed E-state index contributed by atoms with van der Waals surface area (Å²) in [6.07, 6.45) is 3.30. The van der Waals surface area contributed by atoms with Crippen molar-refractivity contribution >= 4 is 0 Å². The fourth-order valence-electron chi connectivity index (χ4n) is 1.47. The van der Waals surface area contributed by atoms with Crippen LogP contribution in [0, 0.1) is 0 Å². The van der Waals surface area contributed by atoms with E-state index in [0.717, 1.165) is 13.0 Å². The molecule has 1 saturated heterocycles. The van der Waals surface area contributed by atoms with Gasteiger partial charge in [0.05, 0.1) is 6.10 Å². The van der Waals surface area contributed by atoms with Crippen molar-refractivity contribution in [2.75, 3.05) is 13.6 Å². The third-order valence-electron chi connectivity index (χ3n) is 2.41. The second kappa shape index (κ2) is 3.35. The first-order chi connectivity index (χ1) is 4.70. The summed E-state index contributed by atoms with van der Waals surface area (Å²) in [4.78, 5) is 2.23. The van der Waals surface area contributed by atoms with Crippen LogP contribution in [0.15, 0.2) is 0 Å². The van der Waals surface area contributed by atoms with Crippen LogP contribution < -0.4 is 0 Å². The highest BCUT2D eigenvalue weighted by Crippen LogP contribution is 2.14. The number of aliphatic hydroxyl groups excluding tert-OH is 1. The Morgan fingerprint density at radius 2 is 2.10 bits per heavy atom. The molecule has 2 unspecified atom stereocenters. The van der Waals surface area contributed by atoms with E-state index < -0.39 is 0 Å². The molecule has 1 heterocycles. The fraction of sp³-hybridized carbons (Fsp3) is 1.00. The van der Waals surface area contributed by atoms with Crippen molar-refractivity contribution in [1.29, 1.82) is 0 Å². The maximum atomic E-state index is 9.34. The topological polar surface area (TPSA) is 23.5 Å². The van der Waals surface area contributed by atoms with Crippen LogP contribution in [0.25, 0.3) is 0 Å². The number of nitrogens with zero attached hydrogens (tertiary/aromatic N) is 1. The van der Waals surface area contributed by atoms with Crippen LogP contribution in [0.2, 0.25) is 0 Å². The number of rotatable bonds is 0. The molecule has 0 aliphatic carbocycles. The summed E-state index contributed by atoms with van der Waals surface area (Å²) >= 11 is 0. The van der Waals surface area contributed by atoms with Gasteiger partial charge in [-0.3, -0.25) is 0 Å². The van der Waals surface area contributed by atoms with Gasteiger partial charge in [-0.15, -0.1) is 0 Å². The van der Waals surface area contributed by atoms with Crippen LogP contribution in [-0.4, -0.2) is 35.7 Å². The largest absolute Gasteiger partial charge is 0.392 e. The molecule has 0 saturated carbocycles. The van der Waals surface area contributed by atoms with Gasteiger partial charge >= 0.3 is 0 Å². The third-order valence-corrected chi connectivity index (χ3v) is 2.41. The molecule has 0 spiro atoms. The Balaban J connectivity index is 2.41. The molecule has 2 nitrogen and oxygen atoms in total. The molecule has 1 rings (SSSR count). The molecular formula is C8H17NO. The van der Waals surface area contributed by atoms with Gasteiger partial charge in [0.15, 0.2) is 0 Å². The van der Waals surface area contributed by atoms with Gasteiger partial charge in [-0.2, -0.15) is 0 Å². The molecule has 0 aromatic carbocycles. The van der Waals surface area contributed by atoms with Gasteiger partial charge in [-0.25, -0.2) is 0 Å². The molecule has 1 N–H and O–H groups in total. The smallest absolute Gasteiger partial charge is 0.0667 e. The van der Waals surface area contributed by atoms with Crippen molar-refractivity contribution < 1.29 is 5.11 Å². The first-order valence-corrected chi connectivity index (χ1v) is 4.08. The second-order valence-corrected chi connectivity index (χ2v) is 3.37. The van der Waals surface area contributed by atoms with Gasteiger partial charge in [-0.1, -0.05) is 0 Å². The minimum Gasteiger partial charge on any atom is -0.392 e. The monoisotopic (exact) mass is 143 g/mol. The molecule has 1 aliphatic rings. The van der Waals surface area contributed by atoms with Gasteiger partial charge < -0.3 is 10.0 Å². The van der Waals surface area contributed by atoms with E-state index in [0.29, 0.717) is 6.04 Å². The first kappa shape index (κ1) is 8.02. The average Bonchev–Trinajstić information content (AvgIpc) is 1.96. The highest BCUT2D eigenvalue weighted by Gasteiger charge is 2.17. The van der Waals surface area contributed by atoms with Crippen molar-refractivity contribution in [3.8, 4) is 0 Å². The minimum atomic E-state index is -0.0880. The van der Waals surface area contributed by atoms with Gasteiger partial charge in [0, 0.05) is 12.6 Å². The number of aliphatic hydroxyl groups is 1. The molecule has 10 heavy (non-hydrogen) atoms. The van der Waals surface area contributed by atoms with Crippen molar-refractivity contribution in [2.24, 2.45) is 0 Å². The van der Waals surface area contributed by atoms with E-state index in [1.54, 1.807) is 0 Å². The van der Waals surface area contributed by atoms with Gasteiger partial charge in [0.25, 0.3) is 0 Å². The average molecular weight is 143 g/mol. The number of hydrogen-bond donors (Lipinski definition) is 1. The van der Waals surface area contributed by atoms with Gasteiger partial charge in [0.2, 0.25) is 0 Å². The number of hydrogen-bond acceptors (Lipinski definition) is 2. The highest BCUT2D eigenvalue weighted by molar-refractivity contribution is 4.72. The van der Waals surface area contributed by atoms with Crippen LogP contribution in [-0.2, 0) is 0 Å². The van der Waals surface area contributed by atoms with E-state index in [2.05, 4.69) is 18.9 Å². The molecule has 2 heteroatoms. The van der Waals surface area contributed by atoms with E-state index in [-0.39, 0.29) is 6.10 Å². The number of likely N-dealkylation sites (tertiary alicyclic amines) is 1. The van der Waals surface area contributed by atoms with Crippen molar-refractivity contribution in [1.82, 2.24) is 4.90 Å². The van der Waals surface area contributed by atoms with E-state index in [1.165, 1.54) is 12.8 Å². The Morgan fingerprint density at radius 1 is 1.40 bits per heavy atom. The Bertz CT molecular complexity index is 105.